The number of halogens is 3. The molecule has 17 heavy (non-hydrogen) atoms. The van der Waals surface area contributed by atoms with Gasteiger partial charge in [0, 0.05) is 22.7 Å². The summed E-state index contributed by atoms with van der Waals surface area (Å²) in [5.74, 6) is 1.26. The fourth-order valence-electron chi connectivity index (χ4n) is 1.17. The maximum Gasteiger partial charge on any atom is 0.238 e. The van der Waals surface area contributed by atoms with Gasteiger partial charge in [0.15, 0.2) is 0 Å². The van der Waals surface area contributed by atoms with Gasteiger partial charge >= 0.3 is 0 Å². The summed E-state index contributed by atoms with van der Waals surface area (Å²) < 4.78 is 6.33. The molecular weight excluding hydrogens is 327 g/mol. The van der Waals surface area contributed by atoms with Crippen LogP contribution in [-0.2, 0) is 5.88 Å². The van der Waals surface area contributed by atoms with E-state index >= 15 is 0 Å². The van der Waals surface area contributed by atoms with E-state index in [4.69, 9.17) is 27.9 Å². The van der Waals surface area contributed by atoms with E-state index in [2.05, 4.69) is 25.9 Å². The van der Waals surface area contributed by atoms with E-state index in [0.29, 0.717) is 22.5 Å². The van der Waals surface area contributed by atoms with Gasteiger partial charge in [-0.3, -0.25) is 4.98 Å². The third-order valence-corrected chi connectivity index (χ3v) is 2.93. The molecule has 0 atom stereocenters. The Morgan fingerprint density at radius 3 is 2.71 bits per heavy atom. The SMILES string of the molecule is ClCc1cnc(Oc2cncc(Br)c2)c(Cl)c1. The highest BCUT2D eigenvalue weighted by atomic mass is 79.9. The van der Waals surface area contributed by atoms with Crippen LogP contribution in [0.4, 0.5) is 0 Å². The largest absolute Gasteiger partial charge is 0.436 e. The summed E-state index contributed by atoms with van der Waals surface area (Å²) >= 11 is 15.0. The monoisotopic (exact) mass is 332 g/mol. The molecule has 0 fully saturated rings. The smallest absolute Gasteiger partial charge is 0.238 e. The van der Waals surface area contributed by atoms with Crippen LogP contribution in [-0.4, -0.2) is 9.97 Å². The van der Waals surface area contributed by atoms with Crippen molar-refractivity contribution in [2.45, 2.75) is 5.88 Å². The highest BCUT2D eigenvalue weighted by Crippen LogP contribution is 2.28. The summed E-state index contributed by atoms with van der Waals surface area (Å²) in [5.41, 5.74) is 0.844. The predicted octanol–water partition coefficient (Wildman–Crippen LogP) is 4.42. The van der Waals surface area contributed by atoms with E-state index in [0.717, 1.165) is 10.0 Å². The molecule has 0 saturated heterocycles. The molecule has 2 heterocycles. The maximum absolute atomic E-state index is 6.02. The highest BCUT2D eigenvalue weighted by molar-refractivity contribution is 9.10. The average molecular weight is 334 g/mol. The van der Waals surface area contributed by atoms with Gasteiger partial charge in [-0.2, -0.15) is 0 Å². The van der Waals surface area contributed by atoms with Gasteiger partial charge in [0.05, 0.1) is 6.20 Å². The molecule has 0 radical (unpaired) electrons. The quantitative estimate of drug-likeness (QED) is 0.780. The molecule has 6 heteroatoms. The summed E-state index contributed by atoms with van der Waals surface area (Å²) in [5, 5.41) is 0.420. The zero-order valence-electron chi connectivity index (χ0n) is 8.53. The van der Waals surface area contributed by atoms with Crippen molar-refractivity contribution in [2.24, 2.45) is 0 Å². The van der Waals surface area contributed by atoms with Crippen molar-refractivity contribution in [1.82, 2.24) is 9.97 Å². The molecule has 0 N–H and O–H groups in total. The Kier molecular flexibility index (Phi) is 4.20. The van der Waals surface area contributed by atoms with Gasteiger partial charge in [-0.15, -0.1) is 11.6 Å². The number of hydrogen-bond donors (Lipinski definition) is 0. The van der Waals surface area contributed by atoms with Crippen molar-refractivity contribution in [2.75, 3.05) is 0 Å². The molecule has 0 saturated carbocycles. The molecule has 0 aromatic carbocycles. The van der Waals surface area contributed by atoms with Crippen LogP contribution in [0.3, 0.4) is 0 Å². The Morgan fingerprint density at radius 2 is 2.06 bits per heavy atom. The van der Waals surface area contributed by atoms with Crippen LogP contribution in [0.15, 0.2) is 35.2 Å². The van der Waals surface area contributed by atoms with Crippen LogP contribution in [0.1, 0.15) is 5.56 Å². The molecule has 2 aromatic rings. The molecule has 3 nitrogen and oxygen atoms in total. The lowest BCUT2D eigenvalue weighted by Gasteiger charge is -2.06. The average Bonchev–Trinajstić information content (AvgIpc) is 2.32. The van der Waals surface area contributed by atoms with Gasteiger partial charge in [-0.1, -0.05) is 11.6 Å². The second-order valence-corrected chi connectivity index (χ2v) is 4.80. The minimum Gasteiger partial charge on any atom is -0.436 e. The zero-order chi connectivity index (χ0) is 12.3. The standard InChI is InChI=1S/C11H7BrCl2N2O/c12-8-2-9(6-15-5-8)17-11-10(14)1-7(3-13)4-16-11/h1-2,4-6H,3H2. The lowest BCUT2D eigenvalue weighted by molar-refractivity contribution is 0.460. The first-order valence-electron chi connectivity index (χ1n) is 4.68. The van der Waals surface area contributed by atoms with Crippen molar-refractivity contribution < 1.29 is 4.74 Å². The Hall–Kier alpha value is -0.840. The normalized spacial score (nSPS) is 10.3. The number of nitrogens with zero attached hydrogens (tertiary/aromatic N) is 2. The van der Waals surface area contributed by atoms with E-state index in [9.17, 15) is 0 Å². The first-order chi connectivity index (χ1) is 8.19. The molecule has 88 valence electrons. The third-order valence-electron chi connectivity index (χ3n) is 1.91. The van der Waals surface area contributed by atoms with E-state index in [1.54, 1.807) is 30.7 Å². The summed E-state index contributed by atoms with van der Waals surface area (Å²) in [4.78, 5) is 8.07. The molecule has 0 bridgehead atoms. The second kappa shape index (κ2) is 5.67. The first kappa shape index (κ1) is 12.6. The Morgan fingerprint density at radius 1 is 1.24 bits per heavy atom. The maximum atomic E-state index is 6.02. The first-order valence-corrected chi connectivity index (χ1v) is 6.38. The number of rotatable bonds is 3. The topological polar surface area (TPSA) is 35.0 Å². The van der Waals surface area contributed by atoms with Crippen LogP contribution in [0, 0.1) is 0 Å². The molecule has 0 aliphatic heterocycles. The van der Waals surface area contributed by atoms with Crippen LogP contribution < -0.4 is 4.74 Å². The van der Waals surface area contributed by atoms with Crippen molar-refractivity contribution in [3.63, 3.8) is 0 Å². The van der Waals surface area contributed by atoms with Crippen LogP contribution in [0.25, 0.3) is 0 Å². The van der Waals surface area contributed by atoms with Gasteiger partial charge in [-0.05, 0) is 33.6 Å². The summed E-state index contributed by atoms with van der Waals surface area (Å²) in [7, 11) is 0. The van der Waals surface area contributed by atoms with E-state index in [-0.39, 0.29) is 0 Å². The number of ether oxygens (including phenoxy) is 1. The molecule has 0 aliphatic rings. The number of aromatic nitrogens is 2. The molecule has 0 unspecified atom stereocenters. The minimum atomic E-state index is 0.334. The molecule has 0 aliphatic carbocycles. The lowest BCUT2D eigenvalue weighted by Crippen LogP contribution is -1.91. The lowest BCUT2D eigenvalue weighted by atomic mass is 10.3. The van der Waals surface area contributed by atoms with Crippen molar-refractivity contribution in [3.05, 3.63) is 45.8 Å². The Balaban J connectivity index is 2.24. The fraction of sp³-hybridized carbons (Fsp3) is 0.0909. The van der Waals surface area contributed by atoms with Crippen molar-refractivity contribution >= 4 is 39.1 Å². The van der Waals surface area contributed by atoms with Gasteiger partial charge < -0.3 is 4.74 Å². The third kappa shape index (κ3) is 3.31. The van der Waals surface area contributed by atoms with Crippen molar-refractivity contribution in [3.8, 4) is 11.6 Å². The van der Waals surface area contributed by atoms with E-state index in [1.807, 2.05) is 0 Å². The van der Waals surface area contributed by atoms with Crippen molar-refractivity contribution in [1.29, 1.82) is 0 Å². The van der Waals surface area contributed by atoms with Crippen LogP contribution in [0.2, 0.25) is 5.02 Å². The summed E-state index contributed by atoms with van der Waals surface area (Å²) in [6.07, 6.45) is 4.87. The number of hydrogen-bond acceptors (Lipinski definition) is 3. The van der Waals surface area contributed by atoms with E-state index < -0.39 is 0 Å². The number of alkyl halides is 1. The Bertz CT molecular complexity index is 537. The van der Waals surface area contributed by atoms with Crippen LogP contribution in [0.5, 0.6) is 11.6 Å². The molecule has 0 spiro atoms. The molecule has 2 aromatic heterocycles. The molecule has 0 amide bonds. The highest BCUT2D eigenvalue weighted by Gasteiger charge is 2.06. The van der Waals surface area contributed by atoms with Gasteiger partial charge in [0.25, 0.3) is 0 Å². The fourth-order valence-corrected chi connectivity index (χ4v) is 1.89. The van der Waals surface area contributed by atoms with Gasteiger partial charge in [-0.25, -0.2) is 4.98 Å². The Labute approximate surface area is 117 Å². The predicted molar refractivity (Wildman–Crippen MR) is 70.8 cm³/mol. The van der Waals surface area contributed by atoms with Gasteiger partial charge in [0.1, 0.15) is 10.8 Å². The van der Waals surface area contributed by atoms with E-state index in [1.165, 1.54) is 0 Å². The molecular formula is C11H7BrCl2N2O. The molecule has 2 rings (SSSR count). The second-order valence-electron chi connectivity index (χ2n) is 3.21. The van der Waals surface area contributed by atoms with Crippen LogP contribution >= 0.6 is 39.1 Å². The zero-order valence-corrected chi connectivity index (χ0v) is 11.6. The summed E-state index contributed by atoms with van der Waals surface area (Å²) in [6, 6.07) is 3.50. The number of pyridine rings is 2. The summed E-state index contributed by atoms with van der Waals surface area (Å²) in [6.45, 7) is 0. The minimum absolute atomic E-state index is 0.334. The van der Waals surface area contributed by atoms with Gasteiger partial charge in [0.2, 0.25) is 5.88 Å².